The number of fused-ring (bicyclic) bond motifs is 1. The fourth-order valence-corrected chi connectivity index (χ4v) is 2.08. The van der Waals surface area contributed by atoms with E-state index in [1.165, 1.54) is 0 Å². The molecule has 0 radical (unpaired) electrons. The highest BCUT2D eigenvalue weighted by molar-refractivity contribution is 5.77. The lowest BCUT2D eigenvalue weighted by Crippen LogP contribution is -2.27. The van der Waals surface area contributed by atoms with E-state index in [1.54, 1.807) is 0 Å². The maximum atomic E-state index is 9.24. The van der Waals surface area contributed by atoms with E-state index in [-0.39, 0.29) is 6.61 Å². The number of benzene rings is 1. The van der Waals surface area contributed by atoms with Crippen LogP contribution in [0.5, 0.6) is 0 Å². The minimum atomic E-state index is 0.228. The zero-order chi connectivity index (χ0) is 13.1. The van der Waals surface area contributed by atoms with Crippen LogP contribution in [-0.2, 0) is 0 Å². The van der Waals surface area contributed by atoms with E-state index in [4.69, 9.17) is 4.42 Å². The van der Waals surface area contributed by atoms with Gasteiger partial charge >= 0.3 is 0 Å². The third-order valence-corrected chi connectivity index (χ3v) is 3.29. The molecule has 1 unspecified atom stereocenters. The van der Waals surface area contributed by atoms with Gasteiger partial charge in [-0.1, -0.05) is 6.92 Å². The van der Waals surface area contributed by atoms with E-state index in [2.05, 4.69) is 16.8 Å². The molecule has 1 heterocycles. The van der Waals surface area contributed by atoms with E-state index < -0.39 is 0 Å². The number of anilines is 1. The van der Waals surface area contributed by atoms with Crippen LogP contribution in [0.1, 0.15) is 19.2 Å². The number of aliphatic hydroxyl groups is 1. The van der Waals surface area contributed by atoms with Gasteiger partial charge in [0.25, 0.3) is 0 Å². The molecular formula is C14H20N2O2. The van der Waals surface area contributed by atoms with E-state index in [1.807, 2.05) is 32.2 Å². The van der Waals surface area contributed by atoms with Crippen LogP contribution < -0.4 is 4.90 Å². The SMILES string of the molecule is CCC(CO)CN(C)c1ccc2oc(C)nc2c1. The fourth-order valence-electron chi connectivity index (χ4n) is 2.08. The predicted molar refractivity (Wildman–Crippen MR) is 72.9 cm³/mol. The van der Waals surface area contributed by atoms with Crippen LogP contribution in [0.3, 0.4) is 0 Å². The maximum Gasteiger partial charge on any atom is 0.192 e. The second-order valence-corrected chi connectivity index (χ2v) is 4.72. The third kappa shape index (κ3) is 2.64. The molecule has 4 heteroatoms. The lowest BCUT2D eigenvalue weighted by atomic mass is 10.1. The summed E-state index contributed by atoms with van der Waals surface area (Å²) >= 11 is 0. The van der Waals surface area contributed by atoms with Crippen LogP contribution >= 0.6 is 0 Å². The first-order valence-electron chi connectivity index (χ1n) is 6.33. The summed E-state index contributed by atoms with van der Waals surface area (Å²) in [6.45, 7) is 5.02. The molecule has 2 aromatic rings. The van der Waals surface area contributed by atoms with E-state index in [0.29, 0.717) is 11.8 Å². The first kappa shape index (κ1) is 12.9. The molecule has 0 aliphatic rings. The quantitative estimate of drug-likeness (QED) is 0.883. The number of aryl methyl sites for hydroxylation is 1. The molecule has 1 aromatic carbocycles. The molecular weight excluding hydrogens is 228 g/mol. The monoisotopic (exact) mass is 248 g/mol. The van der Waals surface area contributed by atoms with Crippen LogP contribution in [0.4, 0.5) is 5.69 Å². The number of nitrogens with zero attached hydrogens (tertiary/aromatic N) is 2. The summed E-state index contributed by atoms with van der Waals surface area (Å²) in [7, 11) is 2.03. The normalized spacial score (nSPS) is 12.9. The molecule has 4 nitrogen and oxygen atoms in total. The van der Waals surface area contributed by atoms with Crippen molar-refractivity contribution in [1.82, 2.24) is 4.98 Å². The Morgan fingerprint density at radius 1 is 1.44 bits per heavy atom. The van der Waals surface area contributed by atoms with Gasteiger partial charge in [-0.05, 0) is 30.5 Å². The van der Waals surface area contributed by atoms with Gasteiger partial charge in [0, 0.05) is 32.8 Å². The average molecular weight is 248 g/mol. The Morgan fingerprint density at radius 3 is 2.89 bits per heavy atom. The zero-order valence-electron chi connectivity index (χ0n) is 11.2. The summed E-state index contributed by atoms with van der Waals surface area (Å²) < 4.78 is 5.46. The molecule has 0 bridgehead atoms. The zero-order valence-corrected chi connectivity index (χ0v) is 11.2. The summed E-state index contributed by atoms with van der Waals surface area (Å²) in [6.07, 6.45) is 0.978. The maximum absolute atomic E-state index is 9.24. The van der Waals surface area contributed by atoms with E-state index >= 15 is 0 Å². The third-order valence-electron chi connectivity index (χ3n) is 3.29. The second kappa shape index (κ2) is 5.40. The highest BCUT2D eigenvalue weighted by Crippen LogP contribution is 2.22. The summed E-state index contributed by atoms with van der Waals surface area (Å²) in [4.78, 5) is 6.48. The molecule has 0 saturated heterocycles. The Morgan fingerprint density at radius 2 is 2.22 bits per heavy atom. The molecule has 0 aliphatic carbocycles. The van der Waals surface area contributed by atoms with Gasteiger partial charge in [-0.2, -0.15) is 0 Å². The fraction of sp³-hybridized carbons (Fsp3) is 0.500. The van der Waals surface area contributed by atoms with Crippen molar-refractivity contribution in [2.24, 2.45) is 5.92 Å². The van der Waals surface area contributed by atoms with Crippen molar-refractivity contribution in [3.63, 3.8) is 0 Å². The molecule has 1 atom stereocenters. The number of hydrogen-bond donors (Lipinski definition) is 1. The minimum Gasteiger partial charge on any atom is -0.441 e. The Kier molecular flexibility index (Phi) is 3.87. The molecule has 0 aliphatic heterocycles. The van der Waals surface area contributed by atoms with Crippen molar-refractivity contribution in [2.45, 2.75) is 20.3 Å². The molecule has 2 rings (SSSR count). The Balaban J connectivity index is 2.19. The van der Waals surface area contributed by atoms with Gasteiger partial charge in [0.15, 0.2) is 11.5 Å². The predicted octanol–water partition coefficient (Wildman–Crippen LogP) is 2.59. The van der Waals surface area contributed by atoms with E-state index in [9.17, 15) is 5.11 Å². The van der Waals surface area contributed by atoms with E-state index in [0.717, 1.165) is 29.8 Å². The standard InChI is InChI=1S/C14H20N2O2/c1-4-11(9-17)8-16(3)12-5-6-14-13(7-12)15-10(2)18-14/h5-7,11,17H,4,8-9H2,1-3H3. The summed E-state index contributed by atoms with van der Waals surface area (Å²) in [5.41, 5.74) is 2.80. The van der Waals surface area contributed by atoms with Crippen LogP contribution in [0.2, 0.25) is 0 Å². The van der Waals surface area contributed by atoms with Gasteiger partial charge in [0.05, 0.1) is 0 Å². The smallest absolute Gasteiger partial charge is 0.192 e. The van der Waals surface area contributed by atoms with Crippen molar-refractivity contribution < 1.29 is 9.52 Å². The lowest BCUT2D eigenvalue weighted by Gasteiger charge is -2.23. The van der Waals surface area contributed by atoms with Crippen LogP contribution in [0.15, 0.2) is 22.6 Å². The first-order chi connectivity index (χ1) is 8.63. The van der Waals surface area contributed by atoms with Gasteiger partial charge < -0.3 is 14.4 Å². The Labute approximate surface area is 107 Å². The number of rotatable bonds is 5. The van der Waals surface area contributed by atoms with Gasteiger partial charge in [-0.3, -0.25) is 0 Å². The summed E-state index contributed by atoms with van der Waals surface area (Å²) in [6, 6.07) is 5.99. The Hall–Kier alpha value is -1.55. The number of aromatic nitrogens is 1. The average Bonchev–Trinajstić information content (AvgIpc) is 2.74. The lowest BCUT2D eigenvalue weighted by molar-refractivity contribution is 0.225. The summed E-state index contributed by atoms with van der Waals surface area (Å²) in [5.74, 6) is 0.997. The van der Waals surface area contributed by atoms with Gasteiger partial charge in [-0.15, -0.1) is 0 Å². The van der Waals surface area contributed by atoms with Crippen molar-refractivity contribution in [3.05, 3.63) is 24.1 Å². The van der Waals surface area contributed by atoms with Crippen molar-refractivity contribution in [3.8, 4) is 0 Å². The van der Waals surface area contributed by atoms with Gasteiger partial charge in [-0.25, -0.2) is 4.98 Å². The number of hydrogen-bond acceptors (Lipinski definition) is 4. The molecule has 1 N–H and O–H groups in total. The molecule has 0 amide bonds. The second-order valence-electron chi connectivity index (χ2n) is 4.72. The van der Waals surface area contributed by atoms with Crippen molar-refractivity contribution in [1.29, 1.82) is 0 Å². The van der Waals surface area contributed by atoms with Crippen LogP contribution in [0.25, 0.3) is 11.1 Å². The van der Waals surface area contributed by atoms with Crippen LogP contribution in [-0.4, -0.2) is 30.3 Å². The first-order valence-corrected chi connectivity index (χ1v) is 6.33. The van der Waals surface area contributed by atoms with Crippen molar-refractivity contribution in [2.75, 3.05) is 25.1 Å². The molecule has 98 valence electrons. The highest BCUT2D eigenvalue weighted by atomic mass is 16.3. The molecule has 0 saturated carbocycles. The highest BCUT2D eigenvalue weighted by Gasteiger charge is 2.11. The minimum absolute atomic E-state index is 0.228. The molecule has 0 spiro atoms. The van der Waals surface area contributed by atoms with Gasteiger partial charge in [0.1, 0.15) is 5.52 Å². The molecule has 18 heavy (non-hydrogen) atoms. The Bertz CT molecular complexity index is 517. The van der Waals surface area contributed by atoms with Gasteiger partial charge in [0.2, 0.25) is 0 Å². The molecule has 1 aromatic heterocycles. The largest absolute Gasteiger partial charge is 0.441 e. The van der Waals surface area contributed by atoms with Crippen molar-refractivity contribution >= 4 is 16.8 Å². The number of aliphatic hydroxyl groups excluding tert-OH is 1. The molecule has 0 fully saturated rings. The summed E-state index contributed by atoms with van der Waals surface area (Å²) in [5, 5.41) is 9.24. The topological polar surface area (TPSA) is 49.5 Å². The number of oxazole rings is 1. The van der Waals surface area contributed by atoms with Crippen LogP contribution in [0, 0.1) is 12.8 Å².